The lowest BCUT2D eigenvalue weighted by molar-refractivity contribution is -0.178. The zero-order chi connectivity index (χ0) is 19.7. The number of anilines is 1. The lowest BCUT2D eigenvalue weighted by atomic mass is 9.67. The van der Waals surface area contributed by atoms with Crippen LogP contribution in [0.5, 0.6) is 0 Å². The second kappa shape index (κ2) is 6.78. The third kappa shape index (κ3) is 2.21. The molecule has 0 aromatic heterocycles. The van der Waals surface area contributed by atoms with E-state index in [0.717, 1.165) is 21.1 Å². The standard InChI is InChI=1S/C18H21NO7/c1-6-26-16(23)18(17(2,14(21)24-4)15(22)25-5)13(20)11-9-7-8-10-12(11)19(18)3/h7-10H,6H2,1-5H3. The molecule has 8 nitrogen and oxygen atoms in total. The molecule has 8 heteroatoms. The predicted molar refractivity (Wildman–Crippen MR) is 90.7 cm³/mol. The van der Waals surface area contributed by atoms with Crippen molar-refractivity contribution in [2.45, 2.75) is 19.4 Å². The summed E-state index contributed by atoms with van der Waals surface area (Å²) in [6.45, 7) is 2.67. The van der Waals surface area contributed by atoms with E-state index in [1.54, 1.807) is 25.1 Å². The molecule has 0 radical (unpaired) electrons. The molecule has 0 spiro atoms. The Labute approximate surface area is 151 Å². The summed E-state index contributed by atoms with van der Waals surface area (Å²) in [5, 5.41) is 0. The van der Waals surface area contributed by atoms with Crippen molar-refractivity contribution in [3.63, 3.8) is 0 Å². The fourth-order valence-corrected chi connectivity index (χ4v) is 3.50. The molecule has 26 heavy (non-hydrogen) atoms. The molecule has 0 fully saturated rings. The van der Waals surface area contributed by atoms with Crippen molar-refractivity contribution in [3.8, 4) is 0 Å². The second-order valence-electron chi connectivity index (χ2n) is 5.94. The van der Waals surface area contributed by atoms with Crippen molar-refractivity contribution < 1.29 is 33.4 Å². The summed E-state index contributed by atoms with van der Waals surface area (Å²) < 4.78 is 14.7. The lowest BCUT2D eigenvalue weighted by Gasteiger charge is -2.43. The van der Waals surface area contributed by atoms with Gasteiger partial charge in [-0.15, -0.1) is 0 Å². The Hall–Kier alpha value is -2.90. The summed E-state index contributed by atoms with van der Waals surface area (Å²) in [5.41, 5.74) is -3.98. The quantitative estimate of drug-likeness (QED) is 0.434. The van der Waals surface area contributed by atoms with E-state index in [0.29, 0.717) is 5.69 Å². The number of carbonyl (C=O) groups excluding carboxylic acids is 4. The average molecular weight is 363 g/mol. The van der Waals surface area contributed by atoms with E-state index in [4.69, 9.17) is 14.2 Å². The number of methoxy groups -OCH3 is 2. The average Bonchev–Trinajstić information content (AvgIpc) is 2.88. The highest BCUT2D eigenvalue weighted by Gasteiger charge is 2.74. The number of hydrogen-bond acceptors (Lipinski definition) is 8. The van der Waals surface area contributed by atoms with Crippen molar-refractivity contribution in [1.29, 1.82) is 0 Å². The number of ketones is 1. The molecule has 1 unspecified atom stereocenters. The van der Waals surface area contributed by atoms with Crippen LogP contribution in [0.4, 0.5) is 5.69 Å². The Morgan fingerprint density at radius 1 is 1.12 bits per heavy atom. The summed E-state index contributed by atoms with van der Waals surface area (Å²) in [6, 6.07) is 6.43. The molecule has 1 aliphatic rings. The van der Waals surface area contributed by atoms with E-state index in [9.17, 15) is 19.2 Å². The third-order valence-corrected chi connectivity index (χ3v) is 4.82. The summed E-state index contributed by atoms with van der Waals surface area (Å²) >= 11 is 0. The molecule has 0 amide bonds. The van der Waals surface area contributed by atoms with E-state index in [2.05, 4.69) is 0 Å². The van der Waals surface area contributed by atoms with Crippen LogP contribution in [0.25, 0.3) is 0 Å². The van der Waals surface area contributed by atoms with Crippen LogP contribution in [0.2, 0.25) is 0 Å². The first-order valence-electron chi connectivity index (χ1n) is 7.96. The highest BCUT2D eigenvalue weighted by molar-refractivity contribution is 6.30. The van der Waals surface area contributed by atoms with Gasteiger partial charge in [-0.05, 0) is 26.0 Å². The number of benzene rings is 1. The molecule has 1 aliphatic heterocycles. The van der Waals surface area contributed by atoms with Crippen molar-refractivity contribution in [3.05, 3.63) is 29.8 Å². The van der Waals surface area contributed by atoms with Gasteiger partial charge in [0.25, 0.3) is 0 Å². The number of likely N-dealkylation sites (N-methyl/N-ethyl adjacent to an activating group) is 1. The van der Waals surface area contributed by atoms with E-state index >= 15 is 0 Å². The van der Waals surface area contributed by atoms with Gasteiger partial charge < -0.3 is 19.1 Å². The maximum atomic E-state index is 13.4. The minimum atomic E-state index is -2.28. The van der Waals surface area contributed by atoms with E-state index < -0.39 is 34.6 Å². The maximum absolute atomic E-state index is 13.4. The van der Waals surface area contributed by atoms with Crippen LogP contribution in [0, 0.1) is 5.41 Å². The first-order valence-corrected chi connectivity index (χ1v) is 7.96. The summed E-state index contributed by atoms with van der Waals surface area (Å²) in [6.07, 6.45) is 0. The minimum Gasteiger partial charge on any atom is -0.468 e. The van der Waals surface area contributed by atoms with Gasteiger partial charge in [0.15, 0.2) is 0 Å². The number of ether oxygens (including phenoxy) is 3. The van der Waals surface area contributed by atoms with Crippen molar-refractivity contribution in [2.24, 2.45) is 5.41 Å². The molecule has 0 bridgehead atoms. The number of Topliss-reactive ketones (excluding diaryl/α,β-unsaturated/α-hetero) is 1. The first-order chi connectivity index (χ1) is 12.2. The number of nitrogens with zero attached hydrogens (tertiary/aromatic N) is 1. The zero-order valence-corrected chi connectivity index (χ0v) is 15.3. The molecule has 1 aromatic carbocycles. The zero-order valence-electron chi connectivity index (χ0n) is 15.3. The molecule has 0 saturated heterocycles. The van der Waals surface area contributed by atoms with Gasteiger partial charge in [-0.1, -0.05) is 12.1 Å². The van der Waals surface area contributed by atoms with Crippen LogP contribution in [0.15, 0.2) is 24.3 Å². The largest absolute Gasteiger partial charge is 0.468 e. The number of esters is 3. The third-order valence-electron chi connectivity index (χ3n) is 4.82. The molecule has 1 aromatic rings. The molecule has 2 rings (SSSR count). The normalized spacial score (nSPS) is 19.0. The van der Waals surface area contributed by atoms with Gasteiger partial charge in [0.2, 0.25) is 16.7 Å². The van der Waals surface area contributed by atoms with Gasteiger partial charge >= 0.3 is 17.9 Å². The fraction of sp³-hybridized carbons (Fsp3) is 0.444. The van der Waals surface area contributed by atoms with Gasteiger partial charge in [-0.25, -0.2) is 4.79 Å². The van der Waals surface area contributed by atoms with Crippen molar-refractivity contribution in [1.82, 2.24) is 0 Å². The van der Waals surface area contributed by atoms with Crippen LogP contribution in [0.1, 0.15) is 24.2 Å². The molecule has 0 saturated carbocycles. The second-order valence-corrected chi connectivity index (χ2v) is 5.94. The van der Waals surface area contributed by atoms with Crippen LogP contribution in [0.3, 0.4) is 0 Å². The summed E-state index contributed by atoms with van der Waals surface area (Å²) in [5.74, 6) is -3.91. The SMILES string of the molecule is CCOC(=O)C1(C(C)(C(=O)OC)C(=O)OC)C(=O)c2ccccc2N1C. The summed E-state index contributed by atoms with van der Waals surface area (Å²) in [4.78, 5) is 53.0. The number of para-hydroxylation sites is 1. The van der Waals surface area contributed by atoms with Gasteiger partial charge in [-0.2, -0.15) is 0 Å². The first kappa shape index (κ1) is 19.4. The van der Waals surface area contributed by atoms with Crippen LogP contribution >= 0.6 is 0 Å². The molecule has 1 heterocycles. The Bertz CT molecular complexity index is 757. The van der Waals surface area contributed by atoms with Gasteiger partial charge in [0.05, 0.1) is 20.8 Å². The minimum absolute atomic E-state index is 0.0452. The Morgan fingerprint density at radius 3 is 2.12 bits per heavy atom. The molecule has 1 atom stereocenters. The Kier molecular flexibility index (Phi) is 5.06. The van der Waals surface area contributed by atoms with Crippen LogP contribution in [-0.2, 0) is 28.6 Å². The molecule has 140 valence electrons. The topological polar surface area (TPSA) is 99.2 Å². The van der Waals surface area contributed by atoms with Crippen molar-refractivity contribution in [2.75, 3.05) is 32.8 Å². The van der Waals surface area contributed by atoms with E-state index in [1.165, 1.54) is 18.0 Å². The van der Waals surface area contributed by atoms with Gasteiger partial charge in [0, 0.05) is 18.3 Å². The number of carbonyl (C=O) groups is 4. The summed E-state index contributed by atoms with van der Waals surface area (Å²) in [7, 11) is 3.58. The Morgan fingerprint density at radius 2 is 1.65 bits per heavy atom. The van der Waals surface area contributed by atoms with E-state index in [1.807, 2.05) is 0 Å². The molecular weight excluding hydrogens is 342 g/mol. The van der Waals surface area contributed by atoms with Crippen molar-refractivity contribution >= 4 is 29.4 Å². The highest BCUT2D eigenvalue weighted by Crippen LogP contribution is 2.49. The highest BCUT2D eigenvalue weighted by atomic mass is 16.6. The van der Waals surface area contributed by atoms with Crippen LogP contribution in [-0.4, -0.2) is 57.1 Å². The van der Waals surface area contributed by atoms with Gasteiger partial charge in [-0.3, -0.25) is 14.4 Å². The lowest BCUT2D eigenvalue weighted by Crippen LogP contribution is -2.71. The smallest absolute Gasteiger partial charge is 0.342 e. The van der Waals surface area contributed by atoms with E-state index in [-0.39, 0.29) is 12.2 Å². The van der Waals surface area contributed by atoms with Crippen LogP contribution < -0.4 is 4.90 Å². The maximum Gasteiger partial charge on any atom is 0.342 e. The number of rotatable bonds is 5. The fourth-order valence-electron chi connectivity index (χ4n) is 3.50. The number of hydrogen-bond donors (Lipinski definition) is 0. The molecule has 0 aliphatic carbocycles. The molecule has 0 N–H and O–H groups in total. The number of fused-ring (bicyclic) bond motifs is 1. The predicted octanol–water partition coefficient (Wildman–Crippen LogP) is 0.973. The van der Waals surface area contributed by atoms with Gasteiger partial charge in [0.1, 0.15) is 0 Å². The Balaban J connectivity index is 2.88. The molecular formula is C18H21NO7. The monoisotopic (exact) mass is 363 g/mol.